The zero-order chi connectivity index (χ0) is 25.8. The van der Waals surface area contributed by atoms with Crippen LogP contribution in [0, 0.1) is 58.2 Å². The first-order valence-corrected chi connectivity index (χ1v) is 11.8. The van der Waals surface area contributed by atoms with E-state index in [-0.39, 0.29) is 0 Å². The molecule has 0 atom stereocenters. The van der Waals surface area contributed by atoms with Gasteiger partial charge < -0.3 is 14.4 Å². The number of hydrogen-bond acceptors (Lipinski definition) is 3. The van der Waals surface area contributed by atoms with Gasteiger partial charge in [-0.15, -0.1) is 0 Å². The second-order valence-corrected chi connectivity index (χ2v) is 11.3. The van der Waals surface area contributed by atoms with Crippen LogP contribution in [0.1, 0.15) is 20.8 Å². The van der Waals surface area contributed by atoms with Crippen molar-refractivity contribution in [1.82, 2.24) is 0 Å². The number of halogens is 10. The van der Waals surface area contributed by atoms with Crippen molar-refractivity contribution in [2.75, 3.05) is 0 Å². The van der Waals surface area contributed by atoms with Crippen LogP contribution < -0.4 is 0 Å². The minimum atomic E-state index is -2.68. The molecule has 0 aliphatic carbocycles. The molecule has 2 rings (SSSR count). The molecule has 2 aromatic carbocycles. The van der Waals surface area contributed by atoms with E-state index in [2.05, 4.69) is 0 Å². The van der Waals surface area contributed by atoms with Crippen molar-refractivity contribution in [1.29, 1.82) is 0 Å². The summed E-state index contributed by atoms with van der Waals surface area (Å²) in [5.41, 5.74) is -4.52. The Morgan fingerprint density at radius 2 is 0.727 bits per heavy atom. The predicted molar refractivity (Wildman–Crippen MR) is 99.9 cm³/mol. The summed E-state index contributed by atoms with van der Waals surface area (Å²) in [5, 5.41) is 17.3. The maximum Gasteiger partial charge on any atom is 0.622 e. The fraction of sp³-hybridized carbons (Fsp3) is 0.333. The molecule has 184 valence electrons. The Hall–Kier alpha value is -2.10. The highest BCUT2D eigenvalue weighted by molar-refractivity contribution is 6.77. The van der Waals surface area contributed by atoms with E-state index in [9.17, 15) is 43.9 Å². The topological polar surface area (TPSA) is 49.7 Å². The maximum absolute atomic E-state index is 13.4. The normalized spacial score (nSPS) is 11.4. The lowest BCUT2D eigenvalue weighted by molar-refractivity contribution is 0.280. The molecule has 0 unspecified atom stereocenters. The largest absolute Gasteiger partial charge is 0.622 e. The molecule has 0 amide bonds. The summed E-state index contributed by atoms with van der Waals surface area (Å²) in [5.74, 6) is -26.6. The number of hydrogen-bond donors (Lipinski definition) is 2. The van der Waals surface area contributed by atoms with E-state index in [1.807, 2.05) is 20.8 Å². The quantitative estimate of drug-likeness (QED) is 0.226. The Balaban J connectivity index is 0.000000420. The molecule has 0 radical (unpaired) electrons. The molecular weight excluding hydrogens is 493 g/mol. The summed E-state index contributed by atoms with van der Waals surface area (Å²) in [6.07, 6.45) is 0. The van der Waals surface area contributed by atoms with Crippen molar-refractivity contribution < 1.29 is 58.3 Å². The Kier molecular flexibility index (Phi) is 9.96. The van der Waals surface area contributed by atoms with Gasteiger partial charge in [0.05, 0.1) is 11.1 Å². The molecule has 3 nitrogen and oxygen atoms in total. The Bertz CT molecular complexity index is 884. The minimum absolute atomic E-state index is 0.942. The van der Waals surface area contributed by atoms with E-state index in [1.54, 1.807) is 0 Å². The van der Waals surface area contributed by atoms with Gasteiger partial charge in [-0.2, -0.15) is 0 Å². The van der Waals surface area contributed by atoms with Crippen LogP contribution in [0.5, 0.6) is 0 Å². The summed E-state index contributed by atoms with van der Waals surface area (Å²) in [6, 6.07) is 2.83. The Morgan fingerprint density at radius 3 is 0.879 bits per heavy atom. The average molecular weight is 510 g/mol. The molecule has 0 spiro atoms. The SMILES string of the molecule is CC[Si](CC)(CC)OB(O)O.Fc1c(F)c(F)c(-c2c(F)c(F)c(F)c(F)c2F)c(F)c1F. The van der Waals surface area contributed by atoms with Crippen LogP contribution in [0.3, 0.4) is 0 Å². The zero-order valence-electron chi connectivity index (χ0n) is 17.3. The molecule has 2 N–H and O–H groups in total. The molecule has 0 fully saturated rings. The lowest BCUT2D eigenvalue weighted by atomic mass is 10.0. The monoisotopic (exact) mass is 510 g/mol. The molecule has 0 heterocycles. The van der Waals surface area contributed by atoms with Gasteiger partial charge in [-0.25, -0.2) is 43.9 Å². The average Bonchev–Trinajstić information content (AvgIpc) is 2.79. The minimum Gasteiger partial charge on any atom is -0.428 e. The van der Waals surface area contributed by atoms with Crippen molar-refractivity contribution in [3.8, 4) is 11.1 Å². The van der Waals surface area contributed by atoms with Gasteiger partial charge in [0, 0.05) is 0 Å². The molecule has 0 saturated heterocycles. The first kappa shape index (κ1) is 28.9. The Morgan fingerprint density at radius 1 is 0.515 bits per heavy atom. The van der Waals surface area contributed by atoms with Crippen LogP contribution >= 0.6 is 0 Å². The standard InChI is InChI=1S/C12F10.C6H17BO3Si/c13-3-1(4(14)8(18)11(21)7(3)17)2-5(15)9(19)12(22)10(20)6(2)16;1-4-11(5-2,6-3)10-7(8)9/h;8-9H,4-6H2,1-3H3. The molecule has 0 aliphatic heterocycles. The third-order valence-corrected chi connectivity index (χ3v) is 9.53. The summed E-state index contributed by atoms with van der Waals surface area (Å²) in [7, 11) is -3.36. The molecule has 0 aliphatic rings. The van der Waals surface area contributed by atoms with Crippen LogP contribution in [0.4, 0.5) is 43.9 Å². The molecule has 0 aromatic heterocycles. The van der Waals surface area contributed by atoms with Gasteiger partial charge in [0.25, 0.3) is 0 Å². The molecular formula is C18H17BF10O3Si. The molecule has 33 heavy (non-hydrogen) atoms. The van der Waals surface area contributed by atoms with Crippen LogP contribution in [0.25, 0.3) is 11.1 Å². The maximum atomic E-state index is 13.4. The van der Waals surface area contributed by atoms with Crippen molar-refractivity contribution in [2.45, 2.75) is 38.9 Å². The fourth-order valence-corrected chi connectivity index (χ4v) is 5.32. The van der Waals surface area contributed by atoms with Gasteiger partial charge >= 0.3 is 7.32 Å². The summed E-state index contributed by atoms with van der Waals surface area (Å²) in [4.78, 5) is 0. The van der Waals surface area contributed by atoms with E-state index >= 15 is 0 Å². The Labute approximate surface area is 182 Å². The lowest BCUT2D eigenvalue weighted by Crippen LogP contribution is -2.42. The van der Waals surface area contributed by atoms with Gasteiger partial charge in [0.15, 0.2) is 54.9 Å². The van der Waals surface area contributed by atoms with Crippen LogP contribution in [-0.2, 0) is 4.34 Å². The summed E-state index contributed by atoms with van der Waals surface area (Å²) in [6.45, 7) is 6.13. The molecule has 15 heteroatoms. The van der Waals surface area contributed by atoms with Gasteiger partial charge in [-0.05, 0) is 18.1 Å². The van der Waals surface area contributed by atoms with Crippen LogP contribution in [0.15, 0.2) is 0 Å². The van der Waals surface area contributed by atoms with Gasteiger partial charge in [0.2, 0.25) is 11.6 Å². The highest BCUT2D eigenvalue weighted by atomic mass is 28.4. The fourth-order valence-electron chi connectivity index (χ4n) is 2.87. The first-order valence-electron chi connectivity index (χ1n) is 9.28. The smallest absolute Gasteiger partial charge is 0.428 e. The lowest BCUT2D eigenvalue weighted by Gasteiger charge is -2.27. The number of rotatable bonds is 6. The summed E-state index contributed by atoms with van der Waals surface area (Å²) < 4.78 is 136. The first-order chi connectivity index (χ1) is 15.2. The molecule has 2 aromatic rings. The van der Waals surface area contributed by atoms with E-state index in [0.717, 1.165) is 18.1 Å². The predicted octanol–water partition coefficient (Wildman–Crippen LogP) is 5.72. The zero-order valence-corrected chi connectivity index (χ0v) is 18.3. The van der Waals surface area contributed by atoms with Crippen molar-refractivity contribution in [2.24, 2.45) is 0 Å². The molecule has 0 saturated carbocycles. The van der Waals surface area contributed by atoms with E-state index in [4.69, 9.17) is 14.4 Å². The second-order valence-electron chi connectivity index (χ2n) is 6.58. The number of benzene rings is 2. The third-order valence-electron chi connectivity index (χ3n) is 4.96. The highest BCUT2D eigenvalue weighted by Crippen LogP contribution is 2.37. The van der Waals surface area contributed by atoms with Crippen LogP contribution in [0.2, 0.25) is 18.1 Å². The van der Waals surface area contributed by atoms with Gasteiger partial charge in [-0.3, -0.25) is 0 Å². The van der Waals surface area contributed by atoms with E-state index in [0.29, 0.717) is 0 Å². The van der Waals surface area contributed by atoms with Crippen LogP contribution in [-0.4, -0.2) is 25.7 Å². The molecule has 0 bridgehead atoms. The van der Waals surface area contributed by atoms with Crippen molar-refractivity contribution >= 4 is 15.6 Å². The van der Waals surface area contributed by atoms with E-state index < -0.39 is 84.9 Å². The summed E-state index contributed by atoms with van der Waals surface area (Å²) >= 11 is 0. The van der Waals surface area contributed by atoms with Gasteiger partial charge in [-0.1, -0.05) is 20.8 Å². The third kappa shape index (κ3) is 5.70. The van der Waals surface area contributed by atoms with Gasteiger partial charge in [0.1, 0.15) is 0 Å². The second kappa shape index (κ2) is 11.4. The highest BCUT2D eigenvalue weighted by Gasteiger charge is 2.35. The van der Waals surface area contributed by atoms with Crippen molar-refractivity contribution in [3.05, 3.63) is 58.2 Å². The van der Waals surface area contributed by atoms with E-state index in [1.165, 1.54) is 0 Å². The van der Waals surface area contributed by atoms with Crippen molar-refractivity contribution in [3.63, 3.8) is 0 Å².